The van der Waals surface area contributed by atoms with Crippen LogP contribution < -0.4 is 9.47 Å². The Kier molecular flexibility index (Phi) is 3.63. The third kappa shape index (κ3) is 1.93. The minimum absolute atomic E-state index is 0.00876. The van der Waals surface area contributed by atoms with Gasteiger partial charge in [-0.25, -0.2) is 0 Å². The molecule has 3 aliphatic rings. The highest BCUT2D eigenvalue weighted by atomic mass is 16.5. The van der Waals surface area contributed by atoms with Gasteiger partial charge in [0.1, 0.15) is 0 Å². The molecule has 0 aromatic heterocycles. The number of rotatable bonds is 3. The van der Waals surface area contributed by atoms with E-state index in [-0.39, 0.29) is 23.0 Å². The quantitative estimate of drug-likeness (QED) is 0.919. The Morgan fingerprint density at radius 1 is 1.21 bits per heavy atom. The molecular weight excluding hydrogens is 304 g/mol. The zero-order valence-electron chi connectivity index (χ0n) is 15.0. The third-order valence-electron chi connectivity index (χ3n) is 7.18. The Bertz CT molecular complexity index is 641. The third-order valence-corrected chi connectivity index (χ3v) is 7.18. The molecule has 24 heavy (non-hydrogen) atoms. The lowest BCUT2D eigenvalue weighted by Gasteiger charge is -2.51. The highest BCUT2D eigenvalue weighted by molar-refractivity contribution is 5.48. The molecule has 4 rings (SSSR count). The summed E-state index contributed by atoms with van der Waals surface area (Å²) >= 11 is 0. The zero-order chi connectivity index (χ0) is 17.1. The van der Waals surface area contributed by atoms with Gasteiger partial charge in [-0.2, -0.15) is 0 Å². The highest BCUT2D eigenvalue weighted by Crippen LogP contribution is 2.70. The van der Waals surface area contributed by atoms with E-state index in [4.69, 9.17) is 14.2 Å². The number of hydrogen-bond donors (Lipinski definition) is 1. The molecule has 1 heterocycles. The molecule has 2 saturated carbocycles. The van der Waals surface area contributed by atoms with Crippen molar-refractivity contribution in [2.45, 2.75) is 45.3 Å². The van der Waals surface area contributed by atoms with Gasteiger partial charge in [0.25, 0.3) is 0 Å². The maximum Gasteiger partial charge on any atom is 0.166 e. The van der Waals surface area contributed by atoms with Gasteiger partial charge in [-0.05, 0) is 42.6 Å². The number of para-hydroxylation sites is 1. The fourth-order valence-electron chi connectivity index (χ4n) is 5.86. The second kappa shape index (κ2) is 5.37. The number of aliphatic hydroxyl groups is 1. The first kappa shape index (κ1) is 16.2. The summed E-state index contributed by atoms with van der Waals surface area (Å²) in [5.41, 5.74) is 1.06. The van der Waals surface area contributed by atoms with Gasteiger partial charge < -0.3 is 19.3 Å². The summed E-state index contributed by atoms with van der Waals surface area (Å²) in [7, 11) is 3.34. The average molecular weight is 332 g/mol. The van der Waals surface area contributed by atoms with E-state index >= 15 is 0 Å². The maximum absolute atomic E-state index is 11.1. The van der Waals surface area contributed by atoms with Crippen LogP contribution in [-0.2, 0) is 4.74 Å². The van der Waals surface area contributed by atoms with Crippen molar-refractivity contribution in [2.24, 2.45) is 22.7 Å². The Morgan fingerprint density at radius 3 is 2.67 bits per heavy atom. The van der Waals surface area contributed by atoms with E-state index in [1.54, 1.807) is 14.2 Å². The summed E-state index contributed by atoms with van der Waals surface area (Å²) in [6.45, 7) is 5.15. The van der Waals surface area contributed by atoms with Crippen molar-refractivity contribution in [3.63, 3.8) is 0 Å². The molecule has 132 valence electrons. The molecule has 0 radical (unpaired) electrons. The number of methoxy groups -OCH3 is 2. The van der Waals surface area contributed by atoms with E-state index in [2.05, 4.69) is 19.9 Å². The number of benzene rings is 1. The van der Waals surface area contributed by atoms with Crippen LogP contribution in [-0.4, -0.2) is 32.0 Å². The molecule has 3 fully saturated rings. The first-order valence-electron chi connectivity index (χ1n) is 8.96. The van der Waals surface area contributed by atoms with Crippen LogP contribution in [0.25, 0.3) is 0 Å². The van der Waals surface area contributed by atoms with Crippen molar-refractivity contribution in [1.29, 1.82) is 0 Å². The van der Waals surface area contributed by atoms with Gasteiger partial charge in [0.2, 0.25) is 0 Å². The molecule has 4 nitrogen and oxygen atoms in total. The maximum atomic E-state index is 11.1. The molecule has 1 aliphatic heterocycles. The second-order valence-electron chi connectivity index (χ2n) is 8.32. The van der Waals surface area contributed by atoms with Crippen molar-refractivity contribution in [3.8, 4) is 11.5 Å². The van der Waals surface area contributed by atoms with Crippen LogP contribution in [0.5, 0.6) is 11.5 Å². The van der Waals surface area contributed by atoms with Crippen molar-refractivity contribution in [2.75, 3.05) is 20.8 Å². The van der Waals surface area contributed by atoms with Crippen molar-refractivity contribution < 1.29 is 19.3 Å². The van der Waals surface area contributed by atoms with E-state index in [0.29, 0.717) is 18.4 Å². The van der Waals surface area contributed by atoms with Crippen LogP contribution >= 0.6 is 0 Å². The van der Waals surface area contributed by atoms with E-state index in [9.17, 15) is 5.11 Å². The van der Waals surface area contributed by atoms with Crippen molar-refractivity contribution >= 4 is 0 Å². The normalized spacial score (nSPS) is 39.5. The lowest BCUT2D eigenvalue weighted by molar-refractivity contribution is -0.164. The molecule has 1 saturated heterocycles. The fraction of sp³-hybridized carbons (Fsp3) is 0.700. The second-order valence-corrected chi connectivity index (χ2v) is 8.32. The monoisotopic (exact) mass is 332 g/mol. The van der Waals surface area contributed by atoms with Crippen molar-refractivity contribution in [1.82, 2.24) is 0 Å². The summed E-state index contributed by atoms with van der Waals surface area (Å²) in [6, 6.07) is 5.99. The van der Waals surface area contributed by atoms with Crippen LogP contribution in [0, 0.1) is 22.7 Å². The van der Waals surface area contributed by atoms with E-state index in [1.165, 1.54) is 0 Å². The standard InChI is InChI=1S/C20H28O4/c1-19(2)12-10-14-16(24-9-8-20(14,11-12)18(19)21)13-6-5-7-15(22-3)17(13)23-4/h5-7,12,14,16,18,21H,8-11H2,1-4H3/t12-,14-,16-,18-,20?/m1/s1. The van der Waals surface area contributed by atoms with E-state index in [0.717, 1.165) is 36.3 Å². The Labute approximate surface area is 144 Å². The molecule has 1 aromatic carbocycles. The Hall–Kier alpha value is -1.26. The zero-order valence-corrected chi connectivity index (χ0v) is 15.0. The summed E-state index contributed by atoms with van der Waals surface area (Å²) < 4.78 is 17.3. The predicted octanol–water partition coefficient (Wildman–Crippen LogP) is 3.58. The van der Waals surface area contributed by atoms with Gasteiger partial charge in [0.15, 0.2) is 11.5 Å². The van der Waals surface area contributed by atoms with Gasteiger partial charge in [-0.3, -0.25) is 0 Å². The molecule has 2 aliphatic carbocycles. The number of aliphatic hydroxyl groups excluding tert-OH is 1. The smallest absolute Gasteiger partial charge is 0.166 e. The summed E-state index contributed by atoms with van der Waals surface area (Å²) in [5.74, 6) is 2.42. The molecule has 4 heteroatoms. The Balaban J connectivity index is 1.75. The molecule has 2 bridgehead atoms. The topological polar surface area (TPSA) is 47.9 Å². The van der Waals surface area contributed by atoms with Crippen LogP contribution in [0.1, 0.15) is 44.8 Å². The van der Waals surface area contributed by atoms with Gasteiger partial charge in [-0.15, -0.1) is 0 Å². The SMILES string of the molecule is COc1cccc([C@H]2OCCC34C[C@@H](C[C@H]23)C(C)(C)[C@H]4O)c1OC. The predicted molar refractivity (Wildman–Crippen MR) is 91.3 cm³/mol. The molecule has 1 N–H and O–H groups in total. The average Bonchev–Trinajstić information content (AvgIpc) is 3.08. The highest BCUT2D eigenvalue weighted by Gasteiger charge is 2.68. The van der Waals surface area contributed by atoms with Crippen molar-refractivity contribution in [3.05, 3.63) is 23.8 Å². The van der Waals surface area contributed by atoms with E-state index in [1.807, 2.05) is 12.1 Å². The molecular formula is C20H28O4. The summed E-state index contributed by atoms with van der Waals surface area (Å²) in [4.78, 5) is 0. The van der Waals surface area contributed by atoms with Crippen LogP contribution in [0.4, 0.5) is 0 Å². The lowest BCUT2D eigenvalue weighted by Crippen LogP contribution is -2.51. The minimum atomic E-state index is -0.253. The molecule has 1 spiro atoms. The molecule has 1 unspecified atom stereocenters. The molecule has 5 atom stereocenters. The van der Waals surface area contributed by atoms with Crippen LogP contribution in [0.3, 0.4) is 0 Å². The van der Waals surface area contributed by atoms with E-state index < -0.39 is 0 Å². The first-order chi connectivity index (χ1) is 11.5. The number of ether oxygens (including phenoxy) is 3. The fourth-order valence-corrected chi connectivity index (χ4v) is 5.86. The largest absolute Gasteiger partial charge is 0.493 e. The Morgan fingerprint density at radius 2 is 2.00 bits per heavy atom. The van der Waals surface area contributed by atoms with Gasteiger partial charge in [0, 0.05) is 17.6 Å². The lowest BCUT2D eigenvalue weighted by atomic mass is 9.60. The summed E-state index contributed by atoms with van der Waals surface area (Å²) in [5, 5.41) is 11.1. The van der Waals surface area contributed by atoms with Crippen LogP contribution in [0.15, 0.2) is 18.2 Å². The summed E-state index contributed by atoms with van der Waals surface area (Å²) in [6.07, 6.45) is 2.92. The van der Waals surface area contributed by atoms with Crippen LogP contribution in [0.2, 0.25) is 0 Å². The van der Waals surface area contributed by atoms with Gasteiger partial charge >= 0.3 is 0 Å². The number of hydrogen-bond acceptors (Lipinski definition) is 4. The van der Waals surface area contributed by atoms with Gasteiger partial charge in [0.05, 0.1) is 26.4 Å². The minimum Gasteiger partial charge on any atom is -0.493 e. The molecule has 0 amide bonds. The molecule has 1 aromatic rings. The number of fused-ring (bicyclic) bond motifs is 1. The van der Waals surface area contributed by atoms with Gasteiger partial charge in [-0.1, -0.05) is 26.0 Å². The first-order valence-corrected chi connectivity index (χ1v) is 8.96.